The van der Waals surface area contributed by atoms with Crippen LogP contribution in [0.2, 0.25) is 0 Å². The zero-order chi connectivity index (χ0) is 17.4. The molecule has 0 saturated carbocycles. The molecule has 0 unspecified atom stereocenters. The fourth-order valence-electron chi connectivity index (χ4n) is 2.26. The van der Waals surface area contributed by atoms with E-state index in [9.17, 15) is 22.4 Å². The first-order valence-corrected chi connectivity index (χ1v) is 9.26. The molecule has 1 atom stereocenters. The van der Waals surface area contributed by atoms with E-state index < -0.39 is 32.4 Å². The molecule has 1 aromatic heterocycles. The fraction of sp³-hybridized carbons (Fsp3) is 0.286. The lowest BCUT2D eigenvalue weighted by Gasteiger charge is -2.12. The van der Waals surface area contributed by atoms with Crippen molar-refractivity contribution in [2.45, 2.75) is 18.2 Å². The summed E-state index contributed by atoms with van der Waals surface area (Å²) in [5.41, 5.74) is -0.508. The van der Waals surface area contributed by atoms with Crippen LogP contribution in [0.4, 0.5) is 4.39 Å². The summed E-state index contributed by atoms with van der Waals surface area (Å²) in [6.45, 7) is -0.216. The number of aliphatic carboxylic acids is 1. The number of aromatic nitrogens is 1. The Kier molecular flexibility index (Phi) is 4.90. The van der Waals surface area contributed by atoms with E-state index in [0.717, 1.165) is 17.0 Å². The molecule has 1 N–H and O–H groups in total. The Morgan fingerprint density at radius 2 is 2.04 bits per heavy atom. The largest absolute Gasteiger partial charge is 0.480 e. The van der Waals surface area contributed by atoms with Crippen molar-refractivity contribution in [3.8, 4) is 0 Å². The van der Waals surface area contributed by atoms with Crippen molar-refractivity contribution in [3.63, 3.8) is 0 Å². The molecule has 23 heavy (non-hydrogen) atoms. The molecule has 2 aromatic rings. The lowest BCUT2D eigenvalue weighted by atomic mass is 10.1. The van der Waals surface area contributed by atoms with Crippen LogP contribution in [0.5, 0.6) is 0 Å². The number of hydrogen-bond donors (Lipinski definition) is 1. The van der Waals surface area contributed by atoms with E-state index in [1.807, 2.05) is 0 Å². The van der Waals surface area contributed by atoms with Gasteiger partial charge in [-0.25, -0.2) is 12.8 Å². The molecule has 0 spiro atoms. The van der Waals surface area contributed by atoms with Gasteiger partial charge in [-0.05, 0) is 24.6 Å². The van der Waals surface area contributed by atoms with Gasteiger partial charge in [0, 0.05) is 28.9 Å². The molecule has 1 aromatic carbocycles. The van der Waals surface area contributed by atoms with Gasteiger partial charge in [0.15, 0.2) is 15.1 Å². The molecule has 6 nitrogen and oxygen atoms in total. The lowest BCUT2D eigenvalue weighted by molar-refractivity contribution is -0.136. The van der Waals surface area contributed by atoms with Crippen molar-refractivity contribution in [2.75, 3.05) is 6.26 Å². The molecule has 0 aliphatic heterocycles. The van der Waals surface area contributed by atoms with Gasteiger partial charge in [-0.3, -0.25) is 9.59 Å². The molecule has 0 aliphatic rings. The van der Waals surface area contributed by atoms with Crippen LogP contribution in [0, 0.1) is 5.82 Å². The number of aryl methyl sites for hydroxylation is 1. The summed E-state index contributed by atoms with van der Waals surface area (Å²) >= 11 is 3.19. The van der Waals surface area contributed by atoms with Crippen LogP contribution < -0.4 is 5.56 Å². The van der Waals surface area contributed by atoms with E-state index in [1.54, 1.807) is 6.07 Å². The second kappa shape index (κ2) is 6.40. The van der Waals surface area contributed by atoms with E-state index in [2.05, 4.69) is 15.9 Å². The third kappa shape index (κ3) is 3.78. The van der Waals surface area contributed by atoms with Crippen molar-refractivity contribution < 1.29 is 22.7 Å². The van der Waals surface area contributed by atoms with E-state index >= 15 is 0 Å². The van der Waals surface area contributed by atoms with Gasteiger partial charge in [0.25, 0.3) is 5.56 Å². The predicted molar refractivity (Wildman–Crippen MR) is 86.8 cm³/mol. The van der Waals surface area contributed by atoms with Crippen LogP contribution in [0.15, 0.2) is 33.7 Å². The van der Waals surface area contributed by atoms with Crippen LogP contribution in [-0.2, 0) is 21.2 Å². The Balaban J connectivity index is 2.42. The Morgan fingerprint density at radius 1 is 1.39 bits per heavy atom. The fourth-order valence-corrected chi connectivity index (χ4v) is 3.52. The lowest BCUT2D eigenvalue weighted by Crippen LogP contribution is -2.32. The number of hydrogen-bond acceptors (Lipinski definition) is 4. The minimum absolute atomic E-state index is 0.138. The van der Waals surface area contributed by atoms with Gasteiger partial charge in [-0.2, -0.15) is 0 Å². The van der Waals surface area contributed by atoms with Crippen LogP contribution >= 0.6 is 15.9 Å². The normalized spacial score (nSPS) is 13.2. The summed E-state index contributed by atoms with van der Waals surface area (Å²) in [7, 11) is -3.82. The van der Waals surface area contributed by atoms with Crippen LogP contribution in [0.25, 0.3) is 10.8 Å². The maximum atomic E-state index is 14.1. The minimum Gasteiger partial charge on any atom is -0.480 e. The number of halogens is 2. The highest BCUT2D eigenvalue weighted by Gasteiger charge is 2.28. The van der Waals surface area contributed by atoms with Crippen LogP contribution in [0.1, 0.15) is 6.42 Å². The average molecular weight is 406 g/mol. The Hall–Kier alpha value is -1.74. The number of carbonyl (C=O) groups is 1. The zero-order valence-electron chi connectivity index (χ0n) is 12.0. The number of pyridine rings is 1. The number of fused-ring (bicyclic) bond motifs is 1. The molecule has 124 valence electrons. The molecule has 1 heterocycles. The highest BCUT2D eigenvalue weighted by Crippen LogP contribution is 2.20. The molecule has 2 rings (SSSR count). The van der Waals surface area contributed by atoms with Crippen molar-refractivity contribution in [1.82, 2.24) is 4.57 Å². The topological polar surface area (TPSA) is 93.4 Å². The summed E-state index contributed by atoms with van der Waals surface area (Å²) in [6.07, 6.45) is 1.45. The number of carboxylic acid groups (broad SMARTS) is 1. The van der Waals surface area contributed by atoms with Gasteiger partial charge in [-0.15, -0.1) is 0 Å². The van der Waals surface area contributed by atoms with Gasteiger partial charge in [-0.1, -0.05) is 15.9 Å². The molecule has 9 heteroatoms. The molecule has 0 radical (unpaired) electrons. The van der Waals surface area contributed by atoms with Crippen LogP contribution in [-0.4, -0.2) is 35.6 Å². The van der Waals surface area contributed by atoms with E-state index in [4.69, 9.17) is 5.11 Å². The third-order valence-corrected chi connectivity index (χ3v) is 5.39. The Morgan fingerprint density at radius 3 is 2.61 bits per heavy atom. The first-order chi connectivity index (χ1) is 10.6. The number of carboxylic acids is 1. The molecule has 0 saturated heterocycles. The maximum Gasteiger partial charge on any atom is 0.321 e. The van der Waals surface area contributed by atoms with Gasteiger partial charge >= 0.3 is 5.97 Å². The monoisotopic (exact) mass is 405 g/mol. The highest BCUT2D eigenvalue weighted by molar-refractivity contribution is 9.10. The van der Waals surface area contributed by atoms with Gasteiger partial charge in [0.1, 0.15) is 5.82 Å². The molecule has 0 fully saturated rings. The second-order valence-electron chi connectivity index (χ2n) is 5.11. The summed E-state index contributed by atoms with van der Waals surface area (Å²) < 4.78 is 38.6. The standard InChI is InChI=1S/C14H13BrFNO5S/c1-23(21,22)12(14(19)20)4-5-17-7-11(16)10-6-8(15)2-3-9(10)13(17)18/h2-3,6-7,12H,4-5H2,1H3,(H,19,20)/t12-/m1/s1. The number of sulfone groups is 1. The maximum absolute atomic E-state index is 14.1. The summed E-state index contributed by atoms with van der Waals surface area (Å²) in [6, 6.07) is 4.50. The van der Waals surface area contributed by atoms with Gasteiger partial charge in [0.05, 0.1) is 5.39 Å². The number of benzene rings is 1. The highest BCUT2D eigenvalue weighted by atomic mass is 79.9. The average Bonchev–Trinajstić information content (AvgIpc) is 2.42. The van der Waals surface area contributed by atoms with Crippen molar-refractivity contribution >= 4 is 42.5 Å². The Bertz CT molecular complexity index is 938. The predicted octanol–water partition coefficient (Wildman–Crippen LogP) is 1.79. The smallest absolute Gasteiger partial charge is 0.321 e. The third-order valence-electron chi connectivity index (χ3n) is 3.42. The van der Waals surface area contributed by atoms with Crippen LogP contribution in [0.3, 0.4) is 0 Å². The Labute approximate surface area is 139 Å². The molecule has 0 bridgehead atoms. The minimum atomic E-state index is -3.82. The number of nitrogens with zero attached hydrogens (tertiary/aromatic N) is 1. The quantitative estimate of drug-likeness (QED) is 0.818. The summed E-state index contributed by atoms with van der Waals surface area (Å²) in [5.74, 6) is -2.14. The SMILES string of the molecule is CS(=O)(=O)[C@H](CCn1cc(F)c2cc(Br)ccc2c1=O)C(=O)O. The van der Waals surface area contributed by atoms with Crippen molar-refractivity contribution in [3.05, 3.63) is 45.0 Å². The molecule has 0 amide bonds. The first kappa shape index (κ1) is 17.6. The zero-order valence-corrected chi connectivity index (χ0v) is 14.4. The molecule has 0 aliphatic carbocycles. The van der Waals surface area contributed by atoms with Crippen molar-refractivity contribution in [1.29, 1.82) is 0 Å². The second-order valence-corrected chi connectivity index (χ2v) is 8.25. The van der Waals surface area contributed by atoms with E-state index in [0.29, 0.717) is 4.47 Å². The van der Waals surface area contributed by atoms with E-state index in [1.165, 1.54) is 12.1 Å². The summed E-state index contributed by atoms with van der Waals surface area (Å²) in [4.78, 5) is 23.3. The molecular weight excluding hydrogens is 393 g/mol. The molecular formula is C14H13BrFNO5S. The summed E-state index contributed by atoms with van der Waals surface area (Å²) in [5, 5.41) is 7.60. The van der Waals surface area contributed by atoms with Gasteiger partial charge < -0.3 is 9.67 Å². The van der Waals surface area contributed by atoms with Crippen molar-refractivity contribution in [2.24, 2.45) is 0 Å². The van der Waals surface area contributed by atoms with E-state index in [-0.39, 0.29) is 23.7 Å². The first-order valence-electron chi connectivity index (χ1n) is 6.51. The van der Waals surface area contributed by atoms with Gasteiger partial charge in [0.2, 0.25) is 0 Å². The number of rotatable bonds is 5.